The number of hydrogen-bond acceptors (Lipinski definition) is 3. The van der Waals surface area contributed by atoms with E-state index in [1.54, 1.807) is 11.3 Å². The van der Waals surface area contributed by atoms with E-state index in [-0.39, 0.29) is 5.91 Å². The van der Waals surface area contributed by atoms with Gasteiger partial charge in [0, 0.05) is 42.7 Å². The minimum absolute atomic E-state index is 0.122. The summed E-state index contributed by atoms with van der Waals surface area (Å²) in [5.74, 6) is 0.574. The fourth-order valence-corrected chi connectivity index (χ4v) is 5.02. The van der Waals surface area contributed by atoms with Crippen molar-refractivity contribution in [3.8, 4) is 5.69 Å². The Hall–Kier alpha value is -2.92. The zero-order valence-electron chi connectivity index (χ0n) is 15.5. The third kappa shape index (κ3) is 3.22. The zero-order valence-corrected chi connectivity index (χ0v) is 16.3. The Morgan fingerprint density at radius 2 is 1.75 bits per heavy atom. The van der Waals surface area contributed by atoms with Crippen LogP contribution in [0.5, 0.6) is 0 Å². The molecule has 3 heterocycles. The van der Waals surface area contributed by atoms with E-state index in [1.165, 1.54) is 9.71 Å². The molecule has 0 spiro atoms. The minimum Gasteiger partial charge on any atom is -0.339 e. The first kappa shape index (κ1) is 17.2. The largest absolute Gasteiger partial charge is 0.339 e. The van der Waals surface area contributed by atoms with Crippen molar-refractivity contribution < 1.29 is 4.79 Å². The number of carbonyl (C=O) groups is 1. The van der Waals surface area contributed by atoms with Gasteiger partial charge in [-0.05, 0) is 55.3 Å². The molecule has 0 saturated carbocycles. The number of aromatic nitrogens is 2. The molecule has 140 valence electrons. The van der Waals surface area contributed by atoms with Crippen molar-refractivity contribution >= 4 is 27.5 Å². The maximum Gasteiger partial charge on any atom is 0.253 e. The van der Waals surface area contributed by atoms with Crippen LogP contribution in [0.4, 0.5) is 0 Å². The molecule has 0 N–H and O–H groups in total. The quantitative estimate of drug-likeness (QED) is 0.490. The smallest absolute Gasteiger partial charge is 0.253 e. The van der Waals surface area contributed by atoms with Gasteiger partial charge in [0.2, 0.25) is 0 Å². The van der Waals surface area contributed by atoms with Crippen molar-refractivity contribution in [1.29, 1.82) is 0 Å². The number of benzene rings is 2. The summed E-state index contributed by atoms with van der Waals surface area (Å²) in [7, 11) is 0. The maximum atomic E-state index is 13.0. The fraction of sp³-hybridized carbons (Fsp3) is 0.217. The van der Waals surface area contributed by atoms with Gasteiger partial charge in [-0.3, -0.25) is 4.79 Å². The predicted octanol–water partition coefficient (Wildman–Crippen LogP) is 5.11. The Morgan fingerprint density at radius 1 is 0.964 bits per heavy atom. The number of hydrogen-bond donors (Lipinski definition) is 0. The average Bonchev–Trinajstić information content (AvgIpc) is 3.43. The first-order valence-corrected chi connectivity index (χ1v) is 10.5. The molecule has 1 fully saturated rings. The van der Waals surface area contributed by atoms with Gasteiger partial charge in [-0.15, -0.1) is 11.3 Å². The lowest BCUT2D eigenvalue weighted by atomic mass is 9.97. The Kier molecular flexibility index (Phi) is 4.45. The van der Waals surface area contributed by atoms with Crippen LogP contribution >= 0.6 is 11.3 Å². The van der Waals surface area contributed by atoms with Crippen molar-refractivity contribution in [2.24, 2.45) is 0 Å². The summed E-state index contributed by atoms with van der Waals surface area (Å²) in [6.45, 7) is 1.57. The molecule has 0 unspecified atom stereocenters. The van der Waals surface area contributed by atoms with Crippen LogP contribution in [0.1, 0.15) is 34.1 Å². The number of thiazole rings is 1. The number of rotatable bonds is 3. The van der Waals surface area contributed by atoms with E-state index in [0.717, 1.165) is 42.7 Å². The van der Waals surface area contributed by atoms with Gasteiger partial charge in [-0.25, -0.2) is 4.98 Å². The van der Waals surface area contributed by atoms with Gasteiger partial charge in [-0.1, -0.05) is 18.2 Å². The van der Waals surface area contributed by atoms with Crippen LogP contribution in [-0.4, -0.2) is 33.4 Å². The fourth-order valence-electron chi connectivity index (χ4n) is 3.88. The normalized spacial score (nSPS) is 15.2. The molecule has 1 aliphatic rings. The van der Waals surface area contributed by atoms with E-state index in [0.29, 0.717) is 5.92 Å². The highest BCUT2D eigenvalue weighted by molar-refractivity contribution is 7.18. The van der Waals surface area contributed by atoms with E-state index in [1.807, 2.05) is 64.3 Å². The summed E-state index contributed by atoms with van der Waals surface area (Å²) in [5.41, 5.74) is 2.85. The van der Waals surface area contributed by atoms with Crippen molar-refractivity contribution in [3.05, 3.63) is 83.6 Å². The number of amides is 1. The molecule has 1 aliphatic heterocycles. The first-order chi connectivity index (χ1) is 13.8. The third-order valence-electron chi connectivity index (χ3n) is 5.44. The lowest BCUT2D eigenvalue weighted by Gasteiger charge is -2.31. The zero-order chi connectivity index (χ0) is 18.9. The molecule has 1 amide bonds. The van der Waals surface area contributed by atoms with Crippen molar-refractivity contribution in [2.45, 2.75) is 18.8 Å². The Morgan fingerprint density at radius 3 is 2.54 bits per heavy atom. The summed E-state index contributed by atoms with van der Waals surface area (Å²) >= 11 is 1.79. The highest BCUT2D eigenvalue weighted by Gasteiger charge is 2.26. The summed E-state index contributed by atoms with van der Waals surface area (Å²) < 4.78 is 3.27. The monoisotopic (exact) mass is 387 g/mol. The number of carbonyl (C=O) groups excluding carboxylic acids is 1. The van der Waals surface area contributed by atoms with Crippen LogP contribution in [-0.2, 0) is 0 Å². The van der Waals surface area contributed by atoms with Crippen LogP contribution in [0, 0.1) is 0 Å². The van der Waals surface area contributed by atoms with E-state index < -0.39 is 0 Å². The van der Waals surface area contributed by atoms with Gasteiger partial charge < -0.3 is 9.47 Å². The van der Waals surface area contributed by atoms with E-state index in [2.05, 4.69) is 18.2 Å². The van der Waals surface area contributed by atoms with Gasteiger partial charge in [0.15, 0.2) is 0 Å². The van der Waals surface area contributed by atoms with Crippen molar-refractivity contribution in [2.75, 3.05) is 13.1 Å². The summed E-state index contributed by atoms with van der Waals surface area (Å²) in [6, 6.07) is 20.1. The molecule has 0 atom stereocenters. The van der Waals surface area contributed by atoms with Crippen LogP contribution in [0.25, 0.3) is 15.9 Å². The summed E-state index contributed by atoms with van der Waals surface area (Å²) in [4.78, 5) is 19.8. The van der Waals surface area contributed by atoms with Gasteiger partial charge in [0.05, 0.1) is 15.2 Å². The number of para-hydroxylation sites is 1. The molecule has 1 saturated heterocycles. The second kappa shape index (κ2) is 7.24. The number of nitrogens with zero attached hydrogens (tertiary/aromatic N) is 3. The van der Waals surface area contributed by atoms with Crippen LogP contribution in [0.3, 0.4) is 0 Å². The molecule has 4 nitrogen and oxygen atoms in total. The molecular formula is C23H21N3OS. The second-order valence-electron chi connectivity index (χ2n) is 7.23. The Balaban J connectivity index is 1.29. The Labute approximate surface area is 168 Å². The summed E-state index contributed by atoms with van der Waals surface area (Å²) in [5, 5.41) is 1.21. The van der Waals surface area contributed by atoms with Gasteiger partial charge in [0.25, 0.3) is 5.91 Å². The van der Waals surface area contributed by atoms with Crippen LogP contribution in [0.2, 0.25) is 0 Å². The molecular weight excluding hydrogens is 366 g/mol. The molecule has 5 rings (SSSR count). The lowest BCUT2D eigenvalue weighted by molar-refractivity contribution is 0.0713. The molecule has 5 heteroatoms. The van der Waals surface area contributed by atoms with Crippen LogP contribution in [0.15, 0.2) is 73.1 Å². The van der Waals surface area contributed by atoms with Gasteiger partial charge >= 0.3 is 0 Å². The van der Waals surface area contributed by atoms with E-state index in [9.17, 15) is 4.79 Å². The topological polar surface area (TPSA) is 38.1 Å². The average molecular weight is 388 g/mol. The molecule has 28 heavy (non-hydrogen) atoms. The number of fused-ring (bicyclic) bond motifs is 1. The molecule has 2 aromatic carbocycles. The van der Waals surface area contributed by atoms with Crippen LogP contribution < -0.4 is 0 Å². The highest BCUT2D eigenvalue weighted by Crippen LogP contribution is 2.34. The molecule has 0 bridgehead atoms. The SMILES string of the molecule is O=C(c1cccc(-n2cccc2)c1)N1CCC(c2nc3ccccc3s2)CC1. The van der Waals surface area contributed by atoms with E-state index in [4.69, 9.17) is 4.98 Å². The lowest BCUT2D eigenvalue weighted by Crippen LogP contribution is -2.37. The molecule has 0 aliphatic carbocycles. The molecule has 4 aromatic rings. The van der Waals surface area contributed by atoms with E-state index >= 15 is 0 Å². The standard InChI is InChI=1S/C23H21N3OS/c27-23(18-6-5-7-19(16-18)25-12-3-4-13-25)26-14-10-17(11-15-26)22-24-20-8-1-2-9-21(20)28-22/h1-9,12-13,16-17H,10-11,14-15H2. The summed E-state index contributed by atoms with van der Waals surface area (Å²) in [6.07, 6.45) is 5.94. The predicted molar refractivity (Wildman–Crippen MR) is 113 cm³/mol. The number of likely N-dealkylation sites (tertiary alicyclic amines) is 1. The van der Waals surface area contributed by atoms with Gasteiger partial charge in [-0.2, -0.15) is 0 Å². The Bertz CT molecular complexity index is 1070. The van der Waals surface area contributed by atoms with Gasteiger partial charge in [0.1, 0.15) is 0 Å². The maximum absolute atomic E-state index is 13.0. The highest BCUT2D eigenvalue weighted by atomic mass is 32.1. The minimum atomic E-state index is 0.122. The van der Waals surface area contributed by atoms with Crippen molar-refractivity contribution in [1.82, 2.24) is 14.5 Å². The first-order valence-electron chi connectivity index (χ1n) is 9.66. The number of piperidine rings is 1. The third-order valence-corrected chi connectivity index (χ3v) is 6.64. The molecule has 2 aromatic heterocycles. The van der Waals surface area contributed by atoms with Crippen molar-refractivity contribution in [3.63, 3.8) is 0 Å². The molecule has 0 radical (unpaired) electrons. The second-order valence-corrected chi connectivity index (χ2v) is 8.29.